The van der Waals surface area contributed by atoms with Gasteiger partial charge in [-0.1, -0.05) is 0 Å². The Morgan fingerprint density at radius 3 is 2.56 bits per heavy atom. The van der Waals surface area contributed by atoms with E-state index in [2.05, 4.69) is 36.5 Å². The largest absolute Gasteiger partial charge is 0.372 e. The summed E-state index contributed by atoms with van der Waals surface area (Å²) in [5.74, 6) is -0.560. The van der Waals surface area contributed by atoms with E-state index in [4.69, 9.17) is 9.53 Å². The van der Waals surface area contributed by atoms with Crippen molar-refractivity contribution in [2.75, 3.05) is 10.6 Å². The summed E-state index contributed by atoms with van der Waals surface area (Å²) in [4.78, 5) is 18.8. The van der Waals surface area contributed by atoms with Crippen molar-refractivity contribution in [2.24, 2.45) is 5.73 Å². The van der Waals surface area contributed by atoms with Crippen LogP contribution in [0.15, 0.2) is 30.7 Å². The van der Waals surface area contributed by atoms with E-state index in [1.165, 1.54) is 4.80 Å². The minimum Gasteiger partial charge on any atom is -0.372 e. The van der Waals surface area contributed by atoms with Crippen LogP contribution in [0.3, 0.4) is 0 Å². The number of nitrogens with two attached hydrogens (primary N) is 1. The number of rotatable bonds is 6. The van der Waals surface area contributed by atoms with E-state index in [1.54, 1.807) is 31.6 Å². The van der Waals surface area contributed by atoms with Gasteiger partial charge in [0.25, 0.3) is 0 Å². The fourth-order valence-electron chi connectivity index (χ4n) is 4.26. The zero-order chi connectivity index (χ0) is 28.8. The number of aromatic nitrogens is 5. The van der Waals surface area contributed by atoms with Crippen molar-refractivity contribution < 1.29 is 18.3 Å². The Morgan fingerprint density at radius 1 is 1.28 bits per heavy atom. The number of nitrogens with one attached hydrogen (secondary N) is 2. The van der Waals surface area contributed by atoms with Crippen LogP contribution in [-0.4, -0.2) is 54.8 Å². The molecule has 3 atom stereocenters. The summed E-state index contributed by atoms with van der Waals surface area (Å²) in [6.45, 7) is 9.09. The van der Waals surface area contributed by atoms with Gasteiger partial charge in [0.1, 0.15) is 17.4 Å². The Hall–Kier alpha value is -4.18. The van der Waals surface area contributed by atoms with Crippen LogP contribution in [0.25, 0.3) is 5.69 Å². The molecule has 0 aliphatic heterocycles. The van der Waals surface area contributed by atoms with Crippen LogP contribution in [-0.2, 0) is 9.53 Å². The molecule has 4 rings (SSSR count). The molecule has 4 N–H and O–H groups in total. The molecule has 13 heteroatoms. The first-order valence-corrected chi connectivity index (χ1v) is 12.4. The van der Waals surface area contributed by atoms with E-state index < -0.39 is 23.2 Å². The zero-order valence-electron chi connectivity index (χ0n) is 22.6. The molecule has 0 spiro atoms. The highest BCUT2D eigenvalue weighted by atomic mass is 19.1. The maximum absolute atomic E-state index is 15.0. The van der Waals surface area contributed by atoms with Gasteiger partial charge in [-0.3, -0.25) is 9.78 Å². The average Bonchev–Trinajstić information content (AvgIpc) is 3.38. The van der Waals surface area contributed by atoms with Crippen molar-refractivity contribution >= 4 is 23.7 Å². The number of halogens is 2. The molecule has 1 amide bonds. The van der Waals surface area contributed by atoms with Gasteiger partial charge in [0.2, 0.25) is 6.41 Å². The maximum Gasteiger partial charge on any atom is 0.204 e. The third-order valence-electron chi connectivity index (χ3n) is 5.93. The minimum atomic E-state index is -1.36. The number of carbonyl (C=O) groups excluding carboxylic acids is 1. The molecule has 0 saturated heterocycles. The van der Waals surface area contributed by atoms with Gasteiger partial charge < -0.3 is 21.1 Å². The smallest absolute Gasteiger partial charge is 0.204 e. The van der Waals surface area contributed by atoms with Gasteiger partial charge in [0.05, 0.1) is 53.3 Å². The first kappa shape index (κ1) is 29.4. The van der Waals surface area contributed by atoms with E-state index in [-0.39, 0.29) is 36.1 Å². The molecule has 1 saturated carbocycles. The monoisotopic (exact) mass is 541 g/mol. The third kappa shape index (κ3) is 7.90. The van der Waals surface area contributed by atoms with Crippen molar-refractivity contribution in [3.63, 3.8) is 0 Å². The molecular weight excluding hydrogens is 508 g/mol. The van der Waals surface area contributed by atoms with Crippen LogP contribution in [0.5, 0.6) is 0 Å². The molecular formula is C26H33F2N9O2. The number of ether oxygens (including phenoxy) is 1. The van der Waals surface area contributed by atoms with Gasteiger partial charge in [0, 0.05) is 6.42 Å². The van der Waals surface area contributed by atoms with Crippen LogP contribution in [0, 0.1) is 24.1 Å². The summed E-state index contributed by atoms with van der Waals surface area (Å²) < 4.78 is 35.9. The Kier molecular flexibility index (Phi) is 9.13. The second-order valence-corrected chi connectivity index (χ2v) is 10.4. The number of hydrogen-bond donors (Lipinski definition) is 3. The van der Waals surface area contributed by atoms with Crippen molar-refractivity contribution in [2.45, 2.75) is 77.3 Å². The molecule has 0 bridgehead atoms. The minimum absolute atomic E-state index is 0.0276. The lowest BCUT2D eigenvalue weighted by Gasteiger charge is -2.41. The molecule has 3 heterocycles. The van der Waals surface area contributed by atoms with E-state index in [9.17, 15) is 14.0 Å². The van der Waals surface area contributed by atoms with Crippen LogP contribution < -0.4 is 16.4 Å². The predicted molar refractivity (Wildman–Crippen MR) is 142 cm³/mol. The number of nitriles is 1. The summed E-state index contributed by atoms with van der Waals surface area (Å²) in [7, 11) is 0. The number of aryl methyl sites for hydroxylation is 1. The fraction of sp³-hybridized carbons (Fsp3) is 0.462. The van der Waals surface area contributed by atoms with Gasteiger partial charge >= 0.3 is 0 Å². The molecule has 3 aromatic rings. The van der Waals surface area contributed by atoms with Crippen molar-refractivity contribution in [1.29, 1.82) is 5.26 Å². The van der Waals surface area contributed by atoms with Gasteiger partial charge in [-0.25, -0.2) is 13.8 Å². The first-order valence-electron chi connectivity index (χ1n) is 12.4. The molecule has 1 fully saturated rings. The van der Waals surface area contributed by atoms with Crippen molar-refractivity contribution in [1.82, 2.24) is 25.0 Å². The van der Waals surface area contributed by atoms with Crippen LogP contribution in [0.1, 0.15) is 58.2 Å². The number of hydrogen-bond acceptors (Lipinski definition) is 9. The molecule has 1 aliphatic rings. The number of carbonyl (C=O) groups is 1. The molecule has 0 aromatic carbocycles. The quantitative estimate of drug-likeness (QED) is 0.391. The molecule has 1 aliphatic carbocycles. The highest BCUT2D eigenvalue weighted by Gasteiger charge is 2.40. The van der Waals surface area contributed by atoms with E-state index >= 15 is 0 Å². The number of nitrogens with zero attached hydrogens (tertiary/aromatic N) is 6. The molecule has 3 unspecified atom stereocenters. The van der Waals surface area contributed by atoms with Gasteiger partial charge in [-0.05, 0) is 59.6 Å². The number of alkyl halides is 1. The summed E-state index contributed by atoms with van der Waals surface area (Å²) in [6, 6.07) is 4.51. The van der Waals surface area contributed by atoms with Crippen molar-refractivity contribution in [3.05, 3.63) is 47.8 Å². The average molecular weight is 542 g/mol. The maximum atomic E-state index is 15.0. The highest BCUT2D eigenvalue weighted by molar-refractivity contribution is 5.66. The third-order valence-corrected chi connectivity index (χ3v) is 5.93. The number of primary amides is 1. The lowest BCUT2D eigenvalue weighted by atomic mass is 9.82. The Morgan fingerprint density at radius 2 is 1.95 bits per heavy atom. The highest BCUT2D eigenvalue weighted by Crippen LogP contribution is 2.37. The second kappa shape index (κ2) is 12.1. The van der Waals surface area contributed by atoms with Crippen LogP contribution in [0.4, 0.5) is 26.1 Å². The van der Waals surface area contributed by atoms with E-state index in [0.717, 1.165) is 6.07 Å². The molecule has 3 aromatic heterocycles. The fourth-order valence-corrected chi connectivity index (χ4v) is 4.26. The van der Waals surface area contributed by atoms with Crippen LogP contribution in [0.2, 0.25) is 0 Å². The normalized spacial score (nSPS) is 20.8. The Labute approximate surface area is 225 Å². The summed E-state index contributed by atoms with van der Waals surface area (Å²) in [5, 5.41) is 24.0. The molecule has 11 nitrogen and oxygen atoms in total. The first-order chi connectivity index (χ1) is 18.4. The molecule has 39 heavy (non-hydrogen) atoms. The van der Waals surface area contributed by atoms with E-state index in [1.807, 2.05) is 33.8 Å². The number of pyridine rings is 2. The zero-order valence-corrected chi connectivity index (χ0v) is 22.6. The Balaban J connectivity index is 0.00000134. The number of anilines is 3. The lowest BCUT2D eigenvalue weighted by Crippen LogP contribution is -2.48. The Bertz CT molecular complexity index is 1320. The molecule has 208 valence electrons. The SMILES string of the molecule is Cc1ncc(Nc2nc(NC3CCC(C)(F)CC3OC(C)(C)C)c(F)cc2C#N)cc1-n1nccn1.NC=O. The summed E-state index contributed by atoms with van der Waals surface area (Å²) in [5.41, 5.74) is 4.20. The topological polar surface area (TPSA) is 157 Å². The van der Waals surface area contributed by atoms with Gasteiger partial charge in [0.15, 0.2) is 17.5 Å². The van der Waals surface area contributed by atoms with Crippen LogP contribution >= 0.6 is 0 Å². The van der Waals surface area contributed by atoms with E-state index in [0.29, 0.717) is 29.9 Å². The van der Waals surface area contributed by atoms with Gasteiger partial charge in [-0.15, -0.1) is 4.80 Å². The van der Waals surface area contributed by atoms with Crippen molar-refractivity contribution in [3.8, 4) is 11.8 Å². The summed E-state index contributed by atoms with van der Waals surface area (Å²) >= 11 is 0. The second-order valence-electron chi connectivity index (χ2n) is 10.4. The molecule has 0 radical (unpaired) electrons. The van der Waals surface area contributed by atoms with Gasteiger partial charge in [-0.2, -0.15) is 15.5 Å². The summed E-state index contributed by atoms with van der Waals surface area (Å²) in [6.07, 6.45) is 5.41. The standard InChI is InChI=1S/C25H30F2N8O.CH3NO/c1-15-20(35-30-8-9-31-35)11-17(14-29-15)32-22-16(13-28)10-18(26)23(34-22)33-19-6-7-25(5,27)12-21(19)36-24(2,3)4;2-1-3/h8-11,14,19,21H,6-7,12H2,1-5H3,(H2,32,33,34);1H,(H2,2,3). The number of amides is 1. The predicted octanol–water partition coefficient (Wildman–Crippen LogP) is 4.10. The lowest BCUT2D eigenvalue weighted by molar-refractivity contribution is -0.107.